The van der Waals surface area contributed by atoms with Gasteiger partial charge in [0.1, 0.15) is 0 Å². The van der Waals surface area contributed by atoms with Gasteiger partial charge in [-0.2, -0.15) is 0 Å². The summed E-state index contributed by atoms with van der Waals surface area (Å²) in [5.74, 6) is 1.41. The highest BCUT2D eigenvalue weighted by Crippen LogP contribution is 2.62. The molecule has 0 spiro atoms. The molecule has 2 N–H and O–H groups in total. The molecule has 2 heteroatoms. The van der Waals surface area contributed by atoms with Crippen LogP contribution in [-0.2, 0) is 0 Å². The third-order valence-electron chi connectivity index (χ3n) is 5.80. The zero-order valence-corrected chi connectivity index (χ0v) is 13.7. The van der Waals surface area contributed by atoms with E-state index in [9.17, 15) is 5.11 Å². The molecule has 2 aliphatic rings. The van der Waals surface area contributed by atoms with Crippen LogP contribution < -0.4 is 5.32 Å². The van der Waals surface area contributed by atoms with Gasteiger partial charge in [0.2, 0.25) is 0 Å². The molecular weight excluding hydrogens is 234 g/mol. The normalized spacial score (nSPS) is 39.8. The zero-order valence-electron chi connectivity index (χ0n) is 13.7. The molecule has 0 aromatic heterocycles. The van der Waals surface area contributed by atoms with Gasteiger partial charge in [-0.3, -0.25) is 0 Å². The Morgan fingerprint density at radius 1 is 1.32 bits per heavy atom. The largest absolute Gasteiger partial charge is 0.389 e. The molecule has 2 nitrogen and oxygen atoms in total. The molecule has 112 valence electrons. The Kier molecular flexibility index (Phi) is 3.81. The van der Waals surface area contributed by atoms with Gasteiger partial charge >= 0.3 is 0 Å². The third-order valence-corrected chi connectivity index (χ3v) is 5.80. The van der Waals surface area contributed by atoms with Crippen molar-refractivity contribution in [3.05, 3.63) is 0 Å². The van der Waals surface area contributed by atoms with Crippen molar-refractivity contribution in [3.8, 4) is 0 Å². The summed E-state index contributed by atoms with van der Waals surface area (Å²) in [6.07, 6.45) is 4.98. The molecule has 2 rings (SSSR count). The van der Waals surface area contributed by atoms with Crippen molar-refractivity contribution in [2.45, 2.75) is 78.9 Å². The van der Waals surface area contributed by atoms with E-state index in [1.807, 2.05) is 6.92 Å². The summed E-state index contributed by atoms with van der Waals surface area (Å²) in [5, 5.41) is 14.2. The van der Waals surface area contributed by atoms with Crippen molar-refractivity contribution in [2.75, 3.05) is 6.54 Å². The van der Waals surface area contributed by atoms with Crippen LogP contribution in [0.2, 0.25) is 0 Å². The first-order valence-corrected chi connectivity index (χ1v) is 8.03. The molecule has 0 heterocycles. The van der Waals surface area contributed by atoms with Crippen molar-refractivity contribution in [1.82, 2.24) is 5.32 Å². The van der Waals surface area contributed by atoms with Crippen molar-refractivity contribution in [2.24, 2.45) is 22.7 Å². The fraction of sp³-hybridized carbons (Fsp3) is 1.00. The summed E-state index contributed by atoms with van der Waals surface area (Å²) in [6, 6.07) is 0.553. The molecule has 0 aromatic rings. The van der Waals surface area contributed by atoms with Crippen LogP contribution in [0.4, 0.5) is 0 Å². The average molecular weight is 267 g/mol. The van der Waals surface area contributed by atoms with Gasteiger partial charge in [-0.1, -0.05) is 34.6 Å². The van der Waals surface area contributed by atoms with Gasteiger partial charge < -0.3 is 10.4 Å². The van der Waals surface area contributed by atoms with Crippen molar-refractivity contribution in [1.29, 1.82) is 0 Å². The lowest BCUT2D eigenvalue weighted by atomic mass is 9.68. The van der Waals surface area contributed by atoms with Gasteiger partial charge in [0.15, 0.2) is 0 Å². The van der Waals surface area contributed by atoms with E-state index in [4.69, 9.17) is 0 Å². The van der Waals surface area contributed by atoms with Crippen LogP contribution in [0.1, 0.15) is 67.2 Å². The molecule has 0 aliphatic heterocycles. The SMILES string of the molecule is CC(C)CC(C)(O)CNC1C(C)(C)[C@H]2CC[C@]1(C)C2. The topological polar surface area (TPSA) is 32.3 Å². The Bertz CT molecular complexity index is 329. The number of hydrogen-bond donors (Lipinski definition) is 2. The monoisotopic (exact) mass is 267 g/mol. The molecule has 2 aliphatic carbocycles. The number of fused-ring (bicyclic) bond motifs is 2. The van der Waals surface area contributed by atoms with E-state index in [2.05, 4.69) is 39.9 Å². The van der Waals surface area contributed by atoms with Crippen LogP contribution in [-0.4, -0.2) is 23.3 Å². The highest BCUT2D eigenvalue weighted by molar-refractivity contribution is 5.12. The minimum absolute atomic E-state index is 0.376. The van der Waals surface area contributed by atoms with E-state index >= 15 is 0 Å². The fourth-order valence-electron chi connectivity index (χ4n) is 5.09. The maximum atomic E-state index is 10.5. The number of aliphatic hydroxyl groups is 1. The second-order valence-corrected chi connectivity index (χ2v) is 8.82. The second-order valence-electron chi connectivity index (χ2n) is 8.82. The number of rotatable bonds is 5. The smallest absolute Gasteiger partial charge is 0.0746 e. The van der Waals surface area contributed by atoms with Gasteiger partial charge in [-0.05, 0) is 55.3 Å². The minimum Gasteiger partial charge on any atom is -0.389 e. The third kappa shape index (κ3) is 2.85. The Labute approximate surface area is 119 Å². The summed E-state index contributed by atoms with van der Waals surface area (Å²) >= 11 is 0. The van der Waals surface area contributed by atoms with E-state index in [1.165, 1.54) is 19.3 Å². The lowest BCUT2D eigenvalue weighted by Gasteiger charge is -2.44. The van der Waals surface area contributed by atoms with Crippen LogP contribution in [0.5, 0.6) is 0 Å². The lowest BCUT2D eigenvalue weighted by Crippen LogP contribution is -2.54. The molecule has 2 unspecified atom stereocenters. The summed E-state index contributed by atoms with van der Waals surface area (Å²) in [5.41, 5.74) is 0.241. The highest BCUT2D eigenvalue weighted by atomic mass is 16.3. The summed E-state index contributed by atoms with van der Waals surface area (Å²) < 4.78 is 0. The van der Waals surface area contributed by atoms with Gasteiger partial charge in [0.05, 0.1) is 5.60 Å². The van der Waals surface area contributed by atoms with E-state index in [0.717, 1.165) is 18.9 Å². The first-order valence-electron chi connectivity index (χ1n) is 8.03. The van der Waals surface area contributed by atoms with Crippen LogP contribution >= 0.6 is 0 Å². The molecular formula is C17H33NO. The first kappa shape index (κ1) is 15.3. The molecule has 2 saturated carbocycles. The summed E-state index contributed by atoms with van der Waals surface area (Å²) in [6.45, 7) is 14.3. The predicted molar refractivity (Wildman–Crippen MR) is 81.1 cm³/mol. The van der Waals surface area contributed by atoms with E-state index in [0.29, 0.717) is 22.8 Å². The Balaban J connectivity index is 1.99. The van der Waals surface area contributed by atoms with Crippen LogP contribution in [0.3, 0.4) is 0 Å². The van der Waals surface area contributed by atoms with Crippen molar-refractivity contribution >= 4 is 0 Å². The molecule has 2 bridgehead atoms. The van der Waals surface area contributed by atoms with Crippen LogP contribution in [0, 0.1) is 22.7 Å². The quantitative estimate of drug-likeness (QED) is 0.798. The Hall–Kier alpha value is -0.0800. The van der Waals surface area contributed by atoms with Crippen molar-refractivity contribution < 1.29 is 5.11 Å². The predicted octanol–water partition coefficient (Wildman–Crippen LogP) is 3.59. The van der Waals surface area contributed by atoms with Gasteiger partial charge in [-0.15, -0.1) is 0 Å². The lowest BCUT2D eigenvalue weighted by molar-refractivity contribution is 0.0186. The molecule has 4 atom stereocenters. The van der Waals surface area contributed by atoms with E-state index in [1.54, 1.807) is 0 Å². The van der Waals surface area contributed by atoms with Crippen molar-refractivity contribution in [3.63, 3.8) is 0 Å². The number of nitrogens with one attached hydrogen (secondary N) is 1. The van der Waals surface area contributed by atoms with Crippen LogP contribution in [0.25, 0.3) is 0 Å². The molecule has 0 aromatic carbocycles. The van der Waals surface area contributed by atoms with E-state index in [-0.39, 0.29) is 0 Å². The standard InChI is InChI=1S/C17H33NO/c1-12(2)9-17(6,19)11-18-14-15(3,4)13-7-8-16(14,5)10-13/h12-14,18-19H,7-11H2,1-6H3/t13-,14?,16+,17?/m0/s1. The molecule has 19 heavy (non-hydrogen) atoms. The molecule has 0 saturated heterocycles. The molecule has 0 amide bonds. The zero-order chi connectivity index (χ0) is 14.5. The average Bonchev–Trinajstić information content (AvgIpc) is 2.65. The first-order chi connectivity index (χ1) is 8.57. The van der Waals surface area contributed by atoms with E-state index < -0.39 is 5.60 Å². The Morgan fingerprint density at radius 2 is 1.95 bits per heavy atom. The minimum atomic E-state index is -0.581. The molecule has 0 radical (unpaired) electrons. The highest BCUT2D eigenvalue weighted by Gasteiger charge is 2.59. The molecule has 2 fully saturated rings. The fourth-order valence-corrected chi connectivity index (χ4v) is 5.09. The summed E-state index contributed by atoms with van der Waals surface area (Å²) in [4.78, 5) is 0. The van der Waals surface area contributed by atoms with Gasteiger partial charge in [-0.25, -0.2) is 0 Å². The second kappa shape index (κ2) is 4.73. The Morgan fingerprint density at radius 3 is 2.42 bits per heavy atom. The maximum absolute atomic E-state index is 10.5. The van der Waals surface area contributed by atoms with Gasteiger partial charge in [0, 0.05) is 12.6 Å². The number of hydrogen-bond acceptors (Lipinski definition) is 2. The maximum Gasteiger partial charge on any atom is 0.0746 e. The summed E-state index contributed by atoms with van der Waals surface area (Å²) in [7, 11) is 0. The van der Waals surface area contributed by atoms with Crippen LogP contribution in [0.15, 0.2) is 0 Å². The van der Waals surface area contributed by atoms with Gasteiger partial charge in [0.25, 0.3) is 0 Å².